The van der Waals surface area contributed by atoms with Gasteiger partial charge in [-0.15, -0.1) is 0 Å². The highest BCUT2D eigenvalue weighted by Crippen LogP contribution is 2.18. The molecule has 0 spiro atoms. The maximum atomic E-state index is 5.01. The van der Waals surface area contributed by atoms with E-state index < -0.39 is 0 Å². The summed E-state index contributed by atoms with van der Waals surface area (Å²) in [5.41, 5.74) is 0. The standard InChI is InChI=1S/C9H19NO/c1-8(5-6-11-2)7-10-9-3-4-9/h8-10H,3-7H2,1-2H3. The van der Waals surface area contributed by atoms with Gasteiger partial charge in [-0.3, -0.25) is 0 Å². The van der Waals surface area contributed by atoms with Crippen molar-refractivity contribution in [1.82, 2.24) is 5.32 Å². The van der Waals surface area contributed by atoms with Crippen molar-refractivity contribution in [3.63, 3.8) is 0 Å². The quantitative estimate of drug-likeness (QED) is 0.629. The third kappa shape index (κ3) is 4.38. The van der Waals surface area contributed by atoms with Crippen LogP contribution in [-0.2, 0) is 4.74 Å². The molecule has 0 amide bonds. The van der Waals surface area contributed by atoms with E-state index in [1.165, 1.54) is 19.3 Å². The van der Waals surface area contributed by atoms with E-state index in [2.05, 4.69) is 12.2 Å². The summed E-state index contributed by atoms with van der Waals surface area (Å²) in [7, 11) is 1.76. The third-order valence-electron chi connectivity index (χ3n) is 2.15. The minimum absolute atomic E-state index is 0.760. The van der Waals surface area contributed by atoms with E-state index in [1.54, 1.807) is 7.11 Å². The van der Waals surface area contributed by atoms with Crippen molar-refractivity contribution in [2.45, 2.75) is 32.2 Å². The summed E-state index contributed by atoms with van der Waals surface area (Å²) < 4.78 is 5.01. The summed E-state index contributed by atoms with van der Waals surface area (Å²) in [5.74, 6) is 0.760. The number of rotatable bonds is 6. The van der Waals surface area contributed by atoms with Crippen LogP contribution in [0.5, 0.6) is 0 Å². The monoisotopic (exact) mass is 157 g/mol. The molecule has 1 rings (SSSR count). The molecule has 1 unspecified atom stereocenters. The second-order valence-corrected chi connectivity index (χ2v) is 3.57. The maximum Gasteiger partial charge on any atom is 0.0465 e. The van der Waals surface area contributed by atoms with Crippen LogP contribution in [0.1, 0.15) is 26.2 Å². The van der Waals surface area contributed by atoms with E-state index >= 15 is 0 Å². The van der Waals surface area contributed by atoms with Crippen molar-refractivity contribution in [2.24, 2.45) is 5.92 Å². The second kappa shape index (κ2) is 4.73. The molecular formula is C9H19NO. The minimum Gasteiger partial charge on any atom is -0.385 e. The van der Waals surface area contributed by atoms with Gasteiger partial charge in [0.25, 0.3) is 0 Å². The average Bonchev–Trinajstić information content (AvgIpc) is 2.80. The van der Waals surface area contributed by atoms with Crippen LogP contribution in [0.15, 0.2) is 0 Å². The Kier molecular flexibility index (Phi) is 3.87. The van der Waals surface area contributed by atoms with Crippen molar-refractivity contribution < 1.29 is 4.74 Å². The van der Waals surface area contributed by atoms with Crippen LogP contribution in [0.2, 0.25) is 0 Å². The summed E-state index contributed by atoms with van der Waals surface area (Å²) in [6, 6.07) is 0.847. The second-order valence-electron chi connectivity index (χ2n) is 3.57. The molecule has 1 aliphatic carbocycles. The van der Waals surface area contributed by atoms with Gasteiger partial charge in [-0.2, -0.15) is 0 Å². The Labute approximate surface area is 69.3 Å². The van der Waals surface area contributed by atoms with Crippen LogP contribution in [0, 0.1) is 5.92 Å². The molecule has 1 fully saturated rings. The van der Waals surface area contributed by atoms with Gasteiger partial charge >= 0.3 is 0 Å². The fourth-order valence-corrected chi connectivity index (χ4v) is 1.08. The van der Waals surface area contributed by atoms with Crippen LogP contribution in [0.25, 0.3) is 0 Å². The predicted octanol–water partition coefficient (Wildman–Crippen LogP) is 1.41. The van der Waals surface area contributed by atoms with Crippen molar-refractivity contribution in [3.8, 4) is 0 Å². The molecule has 1 aliphatic rings. The zero-order chi connectivity index (χ0) is 8.10. The predicted molar refractivity (Wildman–Crippen MR) is 46.7 cm³/mol. The summed E-state index contributed by atoms with van der Waals surface area (Å²) in [4.78, 5) is 0. The largest absolute Gasteiger partial charge is 0.385 e. The van der Waals surface area contributed by atoms with Crippen molar-refractivity contribution in [2.75, 3.05) is 20.3 Å². The third-order valence-corrected chi connectivity index (χ3v) is 2.15. The highest BCUT2D eigenvalue weighted by atomic mass is 16.5. The van der Waals surface area contributed by atoms with Crippen molar-refractivity contribution in [3.05, 3.63) is 0 Å². The first-order chi connectivity index (χ1) is 5.33. The van der Waals surface area contributed by atoms with E-state index in [0.717, 1.165) is 25.1 Å². The Morgan fingerprint density at radius 3 is 2.82 bits per heavy atom. The lowest BCUT2D eigenvalue weighted by Gasteiger charge is -2.10. The smallest absolute Gasteiger partial charge is 0.0465 e. The van der Waals surface area contributed by atoms with Gasteiger partial charge in [-0.25, -0.2) is 0 Å². The Bertz CT molecular complexity index is 102. The summed E-state index contributed by atoms with van der Waals surface area (Å²) >= 11 is 0. The molecule has 1 saturated carbocycles. The fourth-order valence-electron chi connectivity index (χ4n) is 1.08. The van der Waals surface area contributed by atoms with E-state index in [0.29, 0.717) is 0 Å². The number of hydrogen-bond donors (Lipinski definition) is 1. The molecule has 0 aromatic carbocycles. The van der Waals surface area contributed by atoms with Gasteiger partial charge in [-0.1, -0.05) is 6.92 Å². The van der Waals surface area contributed by atoms with E-state index in [-0.39, 0.29) is 0 Å². The number of ether oxygens (including phenoxy) is 1. The number of methoxy groups -OCH3 is 1. The zero-order valence-electron chi connectivity index (χ0n) is 7.60. The lowest BCUT2D eigenvalue weighted by molar-refractivity contribution is 0.179. The van der Waals surface area contributed by atoms with Gasteiger partial charge in [0.05, 0.1) is 0 Å². The molecule has 0 radical (unpaired) electrons. The average molecular weight is 157 g/mol. The highest BCUT2D eigenvalue weighted by Gasteiger charge is 2.20. The van der Waals surface area contributed by atoms with Crippen LogP contribution in [-0.4, -0.2) is 26.3 Å². The van der Waals surface area contributed by atoms with Crippen LogP contribution in [0.3, 0.4) is 0 Å². The molecule has 0 aliphatic heterocycles. The topological polar surface area (TPSA) is 21.3 Å². The molecule has 0 heterocycles. The Balaban J connectivity index is 1.87. The maximum absolute atomic E-state index is 5.01. The molecular weight excluding hydrogens is 138 g/mol. The Morgan fingerprint density at radius 1 is 1.55 bits per heavy atom. The zero-order valence-corrected chi connectivity index (χ0v) is 7.60. The number of hydrogen-bond acceptors (Lipinski definition) is 2. The molecule has 1 atom stereocenters. The lowest BCUT2D eigenvalue weighted by atomic mass is 10.1. The Morgan fingerprint density at radius 2 is 2.27 bits per heavy atom. The SMILES string of the molecule is COCCC(C)CNC1CC1. The molecule has 11 heavy (non-hydrogen) atoms. The van der Waals surface area contributed by atoms with Gasteiger partial charge in [0, 0.05) is 19.8 Å². The fraction of sp³-hybridized carbons (Fsp3) is 1.00. The highest BCUT2D eigenvalue weighted by molar-refractivity contribution is 4.81. The van der Waals surface area contributed by atoms with Crippen molar-refractivity contribution in [1.29, 1.82) is 0 Å². The molecule has 66 valence electrons. The molecule has 2 nitrogen and oxygen atoms in total. The molecule has 0 aromatic rings. The summed E-state index contributed by atoms with van der Waals surface area (Å²) in [6.45, 7) is 4.33. The lowest BCUT2D eigenvalue weighted by Crippen LogP contribution is -2.23. The van der Waals surface area contributed by atoms with Crippen LogP contribution < -0.4 is 5.32 Å². The van der Waals surface area contributed by atoms with E-state index in [1.807, 2.05) is 0 Å². The normalized spacial score (nSPS) is 20.2. The van der Waals surface area contributed by atoms with Gasteiger partial charge in [0.1, 0.15) is 0 Å². The van der Waals surface area contributed by atoms with Crippen LogP contribution >= 0.6 is 0 Å². The molecule has 0 saturated heterocycles. The van der Waals surface area contributed by atoms with Gasteiger partial charge in [-0.05, 0) is 31.7 Å². The summed E-state index contributed by atoms with van der Waals surface area (Å²) in [5, 5.41) is 3.51. The Hall–Kier alpha value is -0.0800. The number of nitrogens with one attached hydrogen (secondary N) is 1. The van der Waals surface area contributed by atoms with E-state index in [9.17, 15) is 0 Å². The minimum atomic E-state index is 0.760. The van der Waals surface area contributed by atoms with Gasteiger partial charge < -0.3 is 10.1 Å². The van der Waals surface area contributed by atoms with E-state index in [4.69, 9.17) is 4.74 Å². The van der Waals surface area contributed by atoms with Gasteiger partial charge in [0.15, 0.2) is 0 Å². The summed E-state index contributed by atoms with van der Waals surface area (Å²) in [6.07, 6.45) is 3.95. The first-order valence-corrected chi connectivity index (χ1v) is 4.55. The first kappa shape index (κ1) is 9.01. The first-order valence-electron chi connectivity index (χ1n) is 4.55. The van der Waals surface area contributed by atoms with Gasteiger partial charge in [0.2, 0.25) is 0 Å². The molecule has 1 N–H and O–H groups in total. The molecule has 0 bridgehead atoms. The molecule has 2 heteroatoms. The molecule has 0 aromatic heterocycles. The van der Waals surface area contributed by atoms with Crippen LogP contribution in [0.4, 0.5) is 0 Å². The van der Waals surface area contributed by atoms with Crippen molar-refractivity contribution >= 4 is 0 Å².